The molecular weight excluding hydrogens is 208 g/mol. The van der Waals surface area contributed by atoms with Gasteiger partial charge in [0.15, 0.2) is 5.78 Å². The molecule has 5 heteroatoms. The summed E-state index contributed by atoms with van der Waals surface area (Å²) < 4.78 is 4.95. The Bertz CT molecular complexity index is 383. The van der Waals surface area contributed by atoms with E-state index in [0.717, 1.165) is 0 Å². The third kappa shape index (κ3) is 2.29. The fourth-order valence-corrected chi connectivity index (χ4v) is 1.70. The van der Waals surface area contributed by atoms with Crippen molar-refractivity contribution < 1.29 is 14.3 Å². The van der Waals surface area contributed by atoms with Crippen molar-refractivity contribution in [2.45, 2.75) is 27.7 Å². The summed E-state index contributed by atoms with van der Waals surface area (Å²) in [6.45, 7) is 6.88. The first-order valence-corrected chi connectivity index (χ1v) is 5.17. The second-order valence-electron chi connectivity index (χ2n) is 3.64. The van der Waals surface area contributed by atoms with Crippen LogP contribution in [0.1, 0.15) is 27.7 Å². The Kier molecular flexibility index (Phi) is 3.82. The van der Waals surface area contributed by atoms with E-state index in [1.807, 2.05) is 0 Å². The van der Waals surface area contributed by atoms with Crippen LogP contribution in [0, 0.1) is 5.92 Å². The molecule has 0 fully saturated rings. The van der Waals surface area contributed by atoms with Gasteiger partial charge in [-0.25, -0.2) is 0 Å². The van der Waals surface area contributed by atoms with Crippen LogP contribution in [0.25, 0.3) is 0 Å². The predicted molar refractivity (Wildman–Crippen MR) is 59.7 cm³/mol. The van der Waals surface area contributed by atoms with Crippen LogP contribution in [0.3, 0.4) is 0 Å². The number of ketones is 1. The van der Waals surface area contributed by atoms with Crippen molar-refractivity contribution in [1.29, 1.82) is 0 Å². The maximum atomic E-state index is 11.8. The average molecular weight is 224 g/mol. The van der Waals surface area contributed by atoms with Gasteiger partial charge in [-0.2, -0.15) is 5.10 Å². The first kappa shape index (κ1) is 12.4. The van der Waals surface area contributed by atoms with E-state index in [1.165, 1.54) is 6.92 Å². The van der Waals surface area contributed by atoms with Crippen LogP contribution in [-0.2, 0) is 14.3 Å². The largest absolute Gasteiger partial charge is 0.465 e. The van der Waals surface area contributed by atoms with Crippen molar-refractivity contribution in [3.8, 4) is 0 Å². The smallest absolute Gasteiger partial charge is 0.319 e. The van der Waals surface area contributed by atoms with Crippen molar-refractivity contribution in [2.24, 2.45) is 11.0 Å². The molecule has 0 amide bonds. The van der Waals surface area contributed by atoms with Gasteiger partial charge in [0, 0.05) is 11.3 Å². The lowest BCUT2D eigenvalue weighted by atomic mass is 9.89. The number of Topliss-reactive ketones (excluding diaryl/α,β-unsaturated/α-hetero) is 1. The lowest BCUT2D eigenvalue weighted by Crippen LogP contribution is -2.35. The lowest BCUT2D eigenvalue weighted by Gasteiger charge is -2.23. The Balaban J connectivity index is 3.09. The summed E-state index contributed by atoms with van der Waals surface area (Å²) >= 11 is 0. The quantitative estimate of drug-likeness (QED) is 0.726. The minimum Gasteiger partial charge on any atom is -0.465 e. The number of hydrogen-bond donors (Lipinski definition) is 1. The van der Waals surface area contributed by atoms with Crippen molar-refractivity contribution >= 4 is 17.5 Å². The number of carbonyl (C=O) groups excluding carboxylic acids is 2. The molecule has 0 radical (unpaired) electrons. The Hall–Kier alpha value is -1.65. The summed E-state index contributed by atoms with van der Waals surface area (Å²) in [4.78, 5) is 23.3. The normalized spacial score (nSPS) is 20.0. The Morgan fingerprint density at radius 2 is 2.06 bits per heavy atom. The minimum atomic E-state index is -0.668. The molecular formula is C11H16N2O3. The van der Waals surface area contributed by atoms with Gasteiger partial charge in [0.2, 0.25) is 0 Å². The molecule has 1 heterocycles. The first-order valence-electron chi connectivity index (χ1n) is 5.17. The second kappa shape index (κ2) is 4.92. The maximum absolute atomic E-state index is 11.8. The SMILES string of the molecule is CCOC(=O)C1C(C)=NNC(C)=C1C(C)=O. The number of esters is 1. The predicted octanol–water partition coefficient (Wildman–Crippen LogP) is 1.01. The van der Waals surface area contributed by atoms with Crippen molar-refractivity contribution in [2.75, 3.05) is 6.61 Å². The van der Waals surface area contributed by atoms with Crippen LogP contribution in [0.2, 0.25) is 0 Å². The fraction of sp³-hybridized carbons (Fsp3) is 0.545. The molecule has 1 aliphatic rings. The Labute approximate surface area is 94.5 Å². The van der Waals surface area contributed by atoms with Crippen LogP contribution in [0.15, 0.2) is 16.4 Å². The summed E-state index contributed by atoms with van der Waals surface area (Å²) in [7, 11) is 0. The number of allylic oxidation sites excluding steroid dienone is 1. The summed E-state index contributed by atoms with van der Waals surface area (Å²) in [5.41, 5.74) is 4.32. The van der Waals surface area contributed by atoms with E-state index < -0.39 is 11.9 Å². The van der Waals surface area contributed by atoms with Gasteiger partial charge in [-0.15, -0.1) is 0 Å². The Morgan fingerprint density at radius 3 is 2.56 bits per heavy atom. The molecule has 1 rings (SSSR count). The molecule has 0 saturated heterocycles. The molecule has 16 heavy (non-hydrogen) atoms. The maximum Gasteiger partial charge on any atom is 0.319 e. The molecule has 1 unspecified atom stereocenters. The zero-order valence-electron chi connectivity index (χ0n) is 9.96. The number of hydrazone groups is 1. The van der Waals surface area contributed by atoms with Gasteiger partial charge in [-0.1, -0.05) is 0 Å². The van der Waals surface area contributed by atoms with Gasteiger partial charge < -0.3 is 4.74 Å². The van der Waals surface area contributed by atoms with Gasteiger partial charge in [0.1, 0.15) is 5.92 Å². The van der Waals surface area contributed by atoms with Gasteiger partial charge >= 0.3 is 5.97 Å². The molecule has 0 aromatic rings. The van der Waals surface area contributed by atoms with Gasteiger partial charge in [0.25, 0.3) is 0 Å². The van der Waals surface area contributed by atoms with Crippen molar-refractivity contribution in [1.82, 2.24) is 5.43 Å². The molecule has 1 aliphatic heterocycles. The lowest BCUT2D eigenvalue weighted by molar-refractivity contribution is -0.145. The van der Waals surface area contributed by atoms with E-state index in [-0.39, 0.29) is 5.78 Å². The highest BCUT2D eigenvalue weighted by atomic mass is 16.5. The fourth-order valence-electron chi connectivity index (χ4n) is 1.70. The van der Waals surface area contributed by atoms with Crippen LogP contribution < -0.4 is 5.43 Å². The van der Waals surface area contributed by atoms with Gasteiger partial charge in [-0.05, 0) is 27.7 Å². The topological polar surface area (TPSA) is 67.8 Å². The van der Waals surface area contributed by atoms with E-state index in [9.17, 15) is 9.59 Å². The van der Waals surface area contributed by atoms with Gasteiger partial charge in [-0.3, -0.25) is 15.0 Å². The third-order valence-corrected chi connectivity index (χ3v) is 2.41. The molecule has 5 nitrogen and oxygen atoms in total. The van der Waals surface area contributed by atoms with Gasteiger partial charge in [0.05, 0.1) is 12.3 Å². The van der Waals surface area contributed by atoms with Crippen LogP contribution in [-0.4, -0.2) is 24.1 Å². The average Bonchev–Trinajstić information content (AvgIpc) is 2.20. The number of ether oxygens (including phenoxy) is 1. The number of rotatable bonds is 3. The molecule has 88 valence electrons. The molecule has 0 saturated carbocycles. The first-order chi connectivity index (χ1) is 7.49. The molecule has 0 bridgehead atoms. The summed E-state index contributed by atoms with van der Waals surface area (Å²) in [6, 6.07) is 0. The highest BCUT2D eigenvalue weighted by molar-refractivity contribution is 6.13. The van der Waals surface area contributed by atoms with E-state index in [2.05, 4.69) is 10.5 Å². The van der Waals surface area contributed by atoms with Crippen molar-refractivity contribution in [3.05, 3.63) is 11.3 Å². The Morgan fingerprint density at radius 1 is 1.44 bits per heavy atom. The third-order valence-electron chi connectivity index (χ3n) is 2.41. The highest BCUT2D eigenvalue weighted by Crippen LogP contribution is 2.22. The van der Waals surface area contributed by atoms with Crippen LogP contribution in [0.5, 0.6) is 0 Å². The number of hydrogen-bond acceptors (Lipinski definition) is 5. The molecule has 0 spiro atoms. The van der Waals surface area contributed by atoms with Crippen molar-refractivity contribution in [3.63, 3.8) is 0 Å². The van der Waals surface area contributed by atoms with Crippen LogP contribution in [0.4, 0.5) is 0 Å². The van der Waals surface area contributed by atoms with E-state index in [4.69, 9.17) is 4.74 Å². The number of nitrogens with zero attached hydrogens (tertiary/aromatic N) is 1. The highest BCUT2D eigenvalue weighted by Gasteiger charge is 2.33. The van der Waals surface area contributed by atoms with E-state index in [0.29, 0.717) is 23.6 Å². The summed E-state index contributed by atoms with van der Waals surface area (Å²) in [5.74, 6) is -1.23. The monoisotopic (exact) mass is 224 g/mol. The van der Waals surface area contributed by atoms with E-state index >= 15 is 0 Å². The second-order valence-corrected chi connectivity index (χ2v) is 3.64. The van der Waals surface area contributed by atoms with Crippen LogP contribution >= 0.6 is 0 Å². The van der Waals surface area contributed by atoms with E-state index in [1.54, 1.807) is 20.8 Å². The molecule has 1 N–H and O–H groups in total. The standard InChI is InChI=1S/C11H16N2O3/c1-5-16-11(15)10-7(3)13-12-6(2)9(10)8(4)14/h10,12H,5H2,1-4H3. The molecule has 1 atom stereocenters. The number of nitrogens with one attached hydrogen (secondary N) is 1. The molecule has 0 aromatic heterocycles. The zero-order chi connectivity index (χ0) is 12.3. The zero-order valence-corrected chi connectivity index (χ0v) is 9.96. The minimum absolute atomic E-state index is 0.141. The molecule has 0 aromatic carbocycles. The molecule has 0 aliphatic carbocycles. The summed E-state index contributed by atoms with van der Waals surface area (Å²) in [5, 5.41) is 3.98. The number of carbonyl (C=O) groups is 2. The summed E-state index contributed by atoms with van der Waals surface area (Å²) in [6.07, 6.45) is 0.